The Kier molecular flexibility index (Phi) is 4.24. The van der Waals surface area contributed by atoms with Crippen LogP contribution in [0.2, 0.25) is 0 Å². The number of carbonyl (C=O) groups is 1. The van der Waals surface area contributed by atoms with Crippen molar-refractivity contribution in [2.45, 2.75) is 19.9 Å². The SMILES string of the molecule is Cc1cccc(NC(=O)N2CCOC[C@@H]2C)c1Br. The molecule has 1 aliphatic rings. The second-order valence-electron chi connectivity index (χ2n) is 4.48. The number of anilines is 1. The lowest BCUT2D eigenvalue weighted by Gasteiger charge is -2.33. The lowest BCUT2D eigenvalue weighted by atomic mass is 10.2. The Balaban J connectivity index is 2.09. The standard InChI is InChI=1S/C13H17BrN2O2/c1-9-4-3-5-11(12(9)14)15-13(17)16-6-7-18-8-10(16)2/h3-5,10H,6-8H2,1-2H3,(H,15,17)/t10-/m0/s1. The fraction of sp³-hybridized carbons (Fsp3) is 0.462. The molecule has 4 nitrogen and oxygen atoms in total. The lowest BCUT2D eigenvalue weighted by molar-refractivity contribution is 0.0221. The van der Waals surface area contributed by atoms with E-state index < -0.39 is 0 Å². The summed E-state index contributed by atoms with van der Waals surface area (Å²) in [6.45, 7) is 5.83. The number of halogens is 1. The van der Waals surface area contributed by atoms with Crippen LogP contribution in [0, 0.1) is 6.92 Å². The third-order valence-electron chi connectivity index (χ3n) is 3.06. The zero-order valence-corrected chi connectivity index (χ0v) is 12.2. The second-order valence-corrected chi connectivity index (χ2v) is 5.28. The summed E-state index contributed by atoms with van der Waals surface area (Å²) < 4.78 is 6.25. The number of rotatable bonds is 1. The molecule has 1 aromatic carbocycles. The number of morpholine rings is 1. The van der Waals surface area contributed by atoms with Gasteiger partial charge in [-0.15, -0.1) is 0 Å². The zero-order valence-electron chi connectivity index (χ0n) is 10.6. The average Bonchev–Trinajstić information content (AvgIpc) is 2.35. The zero-order chi connectivity index (χ0) is 13.1. The van der Waals surface area contributed by atoms with Crippen LogP contribution in [0.4, 0.5) is 10.5 Å². The molecule has 5 heteroatoms. The first-order valence-corrected chi connectivity index (χ1v) is 6.79. The molecule has 0 saturated carbocycles. The summed E-state index contributed by atoms with van der Waals surface area (Å²) in [5.41, 5.74) is 1.90. The molecule has 2 amide bonds. The highest BCUT2D eigenvalue weighted by molar-refractivity contribution is 9.10. The lowest BCUT2D eigenvalue weighted by Crippen LogP contribution is -2.48. The van der Waals surface area contributed by atoms with E-state index in [1.165, 1.54) is 0 Å². The molecule has 18 heavy (non-hydrogen) atoms. The molecule has 0 aromatic heterocycles. The van der Waals surface area contributed by atoms with Crippen molar-refractivity contribution in [3.8, 4) is 0 Å². The predicted molar refractivity (Wildman–Crippen MR) is 74.9 cm³/mol. The smallest absolute Gasteiger partial charge is 0.322 e. The summed E-state index contributed by atoms with van der Waals surface area (Å²) in [6.07, 6.45) is 0. The topological polar surface area (TPSA) is 41.6 Å². The highest BCUT2D eigenvalue weighted by Gasteiger charge is 2.24. The molecule has 0 spiro atoms. The molecular weight excluding hydrogens is 296 g/mol. The molecule has 0 unspecified atom stereocenters. The number of nitrogens with one attached hydrogen (secondary N) is 1. The van der Waals surface area contributed by atoms with Crippen molar-refractivity contribution in [2.24, 2.45) is 0 Å². The molecule has 2 rings (SSSR count). The van der Waals surface area contributed by atoms with E-state index in [0.717, 1.165) is 15.7 Å². The fourth-order valence-electron chi connectivity index (χ4n) is 1.96. The third kappa shape index (κ3) is 2.84. The summed E-state index contributed by atoms with van der Waals surface area (Å²) in [6, 6.07) is 5.86. The largest absolute Gasteiger partial charge is 0.377 e. The van der Waals surface area contributed by atoms with Gasteiger partial charge in [-0.3, -0.25) is 0 Å². The van der Waals surface area contributed by atoms with Crippen molar-refractivity contribution in [3.63, 3.8) is 0 Å². The van der Waals surface area contributed by atoms with Crippen LogP contribution < -0.4 is 5.32 Å². The average molecular weight is 313 g/mol. The predicted octanol–water partition coefficient (Wildman–Crippen LogP) is 3.01. The number of ether oxygens (including phenoxy) is 1. The van der Waals surface area contributed by atoms with Crippen LogP contribution in [0.25, 0.3) is 0 Å². The Morgan fingerprint density at radius 1 is 1.56 bits per heavy atom. The first-order chi connectivity index (χ1) is 8.59. The van der Waals surface area contributed by atoms with Gasteiger partial charge in [-0.25, -0.2) is 4.79 Å². The molecule has 1 fully saturated rings. The first kappa shape index (κ1) is 13.4. The van der Waals surface area contributed by atoms with E-state index >= 15 is 0 Å². The van der Waals surface area contributed by atoms with Crippen molar-refractivity contribution >= 4 is 27.6 Å². The molecule has 1 aromatic rings. The molecule has 1 saturated heterocycles. The van der Waals surface area contributed by atoms with Gasteiger partial charge in [0, 0.05) is 11.0 Å². The summed E-state index contributed by atoms with van der Waals surface area (Å²) >= 11 is 3.49. The van der Waals surface area contributed by atoms with Crippen molar-refractivity contribution in [1.82, 2.24) is 4.90 Å². The maximum absolute atomic E-state index is 12.2. The molecule has 1 N–H and O–H groups in total. The Labute approximate surface area is 115 Å². The van der Waals surface area contributed by atoms with E-state index in [1.54, 1.807) is 4.90 Å². The summed E-state index contributed by atoms with van der Waals surface area (Å²) in [4.78, 5) is 14.0. The monoisotopic (exact) mass is 312 g/mol. The van der Waals surface area contributed by atoms with E-state index in [0.29, 0.717) is 19.8 Å². The Hall–Kier alpha value is -1.07. The van der Waals surface area contributed by atoms with Crippen molar-refractivity contribution in [1.29, 1.82) is 0 Å². The molecule has 1 aliphatic heterocycles. The van der Waals surface area contributed by atoms with Gasteiger partial charge >= 0.3 is 6.03 Å². The van der Waals surface area contributed by atoms with Crippen LogP contribution in [0.1, 0.15) is 12.5 Å². The van der Waals surface area contributed by atoms with Crippen LogP contribution in [0.15, 0.2) is 22.7 Å². The van der Waals surface area contributed by atoms with Gasteiger partial charge in [0.25, 0.3) is 0 Å². The van der Waals surface area contributed by atoms with Gasteiger partial charge in [-0.1, -0.05) is 12.1 Å². The first-order valence-electron chi connectivity index (χ1n) is 6.00. The quantitative estimate of drug-likeness (QED) is 0.866. The Morgan fingerprint density at radius 3 is 3.06 bits per heavy atom. The molecule has 1 atom stereocenters. The number of hydrogen-bond acceptors (Lipinski definition) is 2. The van der Waals surface area contributed by atoms with E-state index in [2.05, 4.69) is 21.2 Å². The Morgan fingerprint density at radius 2 is 2.33 bits per heavy atom. The maximum atomic E-state index is 12.2. The number of carbonyl (C=O) groups excluding carboxylic acids is 1. The number of hydrogen-bond donors (Lipinski definition) is 1. The molecule has 98 valence electrons. The summed E-state index contributed by atoms with van der Waals surface area (Å²) in [7, 11) is 0. The van der Waals surface area contributed by atoms with Crippen molar-refractivity contribution in [3.05, 3.63) is 28.2 Å². The molecular formula is C13H17BrN2O2. The number of urea groups is 1. The van der Waals surface area contributed by atoms with Crippen LogP contribution in [0.5, 0.6) is 0 Å². The van der Waals surface area contributed by atoms with Crippen LogP contribution in [-0.4, -0.2) is 36.7 Å². The van der Waals surface area contributed by atoms with Crippen LogP contribution in [0.3, 0.4) is 0 Å². The van der Waals surface area contributed by atoms with Gasteiger partial charge in [0.2, 0.25) is 0 Å². The van der Waals surface area contributed by atoms with E-state index in [1.807, 2.05) is 32.0 Å². The van der Waals surface area contributed by atoms with E-state index in [-0.39, 0.29) is 12.1 Å². The highest BCUT2D eigenvalue weighted by Crippen LogP contribution is 2.26. The van der Waals surface area contributed by atoms with Gasteiger partial charge in [0.1, 0.15) is 0 Å². The maximum Gasteiger partial charge on any atom is 0.322 e. The Bertz CT molecular complexity index is 451. The van der Waals surface area contributed by atoms with E-state index in [4.69, 9.17) is 4.74 Å². The second kappa shape index (κ2) is 5.71. The third-order valence-corrected chi connectivity index (χ3v) is 4.11. The van der Waals surface area contributed by atoms with Crippen molar-refractivity contribution < 1.29 is 9.53 Å². The molecule has 0 radical (unpaired) electrons. The number of nitrogens with zero attached hydrogens (tertiary/aromatic N) is 1. The summed E-state index contributed by atoms with van der Waals surface area (Å²) in [5.74, 6) is 0. The van der Waals surface area contributed by atoms with Gasteiger partial charge in [0.05, 0.1) is 24.9 Å². The van der Waals surface area contributed by atoms with Gasteiger partial charge in [-0.05, 0) is 41.4 Å². The van der Waals surface area contributed by atoms with Gasteiger partial charge < -0.3 is 15.0 Å². The number of aryl methyl sites for hydroxylation is 1. The normalized spacial score (nSPS) is 19.7. The molecule has 0 aliphatic carbocycles. The van der Waals surface area contributed by atoms with Gasteiger partial charge in [0.15, 0.2) is 0 Å². The van der Waals surface area contributed by atoms with E-state index in [9.17, 15) is 4.79 Å². The molecule has 1 heterocycles. The van der Waals surface area contributed by atoms with Crippen LogP contribution >= 0.6 is 15.9 Å². The highest BCUT2D eigenvalue weighted by atomic mass is 79.9. The number of benzene rings is 1. The fourth-order valence-corrected chi connectivity index (χ4v) is 2.32. The summed E-state index contributed by atoms with van der Waals surface area (Å²) in [5, 5.41) is 2.94. The minimum Gasteiger partial charge on any atom is -0.377 e. The molecule has 0 bridgehead atoms. The number of amides is 2. The van der Waals surface area contributed by atoms with Crippen LogP contribution in [-0.2, 0) is 4.74 Å². The van der Waals surface area contributed by atoms with Gasteiger partial charge in [-0.2, -0.15) is 0 Å². The minimum atomic E-state index is -0.0721. The van der Waals surface area contributed by atoms with Crippen molar-refractivity contribution in [2.75, 3.05) is 25.1 Å². The minimum absolute atomic E-state index is 0.0721.